The Morgan fingerprint density at radius 3 is 3.00 bits per heavy atom. The van der Waals surface area contributed by atoms with E-state index in [0.29, 0.717) is 19.1 Å². The monoisotopic (exact) mass is 208 g/mol. The van der Waals surface area contributed by atoms with Crippen LogP contribution in [0.3, 0.4) is 0 Å². The predicted molar refractivity (Wildman–Crippen MR) is 56.2 cm³/mol. The van der Waals surface area contributed by atoms with E-state index >= 15 is 0 Å². The summed E-state index contributed by atoms with van der Waals surface area (Å²) in [7, 11) is 1.79. The van der Waals surface area contributed by atoms with Gasteiger partial charge >= 0.3 is 0 Å². The summed E-state index contributed by atoms with van der Waals surface area (Å²) in [5, 5.41) is 2.89. The molecule has 1 fully saturated rings. The number of hydrogen-bond donors (Lipinski definition) is 1. The van der Waals surface area contributed by atoms with Crippen molar-refractivity contribution in [1.82, 2.24) is 10.2 Å². The number of amides is 1. The minimum atomic E-state index is 0.149. The van der Waals surface area contributed by atoms with Crippen molar-refractivity contribution in [3.8, 4) is 0 Å². The van der Waals surface area contributed by atoms with Crippen LogP contribution in [0.1, 0.15) is 18.6 Å². The zero-order valence-electron chi connectivity index (χ0n) is 8.90. The van der Waals surface area contributed by atoms with E-state index in [4.69, 9.17) is 4.42 Å². The molecule has 15 heavy (non-hydrogen) atoms. The van der Waals surface area contributed by atoms with Crippen molar-refractivity contribution < 1.29 is 9.21 Å². The summed E-state index contributed by atoms with van der Waals surface area (Å²) in [6.45, 7) is 0.995. The lowest BCUT2D eigenvalue weighted by Crippen LogP contribution is -2.38. The fourth-order valence-electron chi connectivity index (χ4n) is 1.63. The first-order valence-corrected chi connectivity index (χ1v) is 5.27. The van der Waals surface area contributed by atoms with Crippen LogP contribution in [-0.2, 0) is 11.3 Å². The van der Waals surface area contributed by atoms with Gasteiger partial charge in [0.05, 0.1) is 19.4 Å². The van der Waals surface area contributed by atoms with E-state index in [-0.39, 0.29) is 5.91 Å². The Kier molecular flexibility index (Phi) is 3.06. The average molecular weight is 208 g/mol. The van der Waals surface area contributed by atoms with Gasteiger partial charge in [0.1, 0.15) is 5.76 Å². The highest BCUT2D eigenvalue weighted by Gasteiger charge is 2.32. The second-order valence-electron chi connectivity index (χ2n) is 3.86. The first-order valence-electron chi connectivity index (χ1n) is 5.27. The lowest BCUT2D eigenvalue weighted by atomic mass is 10.3. The van der Waals surface area contributed by atoms with Gasteiger partial charge in [-0.1, -0.05) is 0 Å². The normalized spacial score (nSPS) is 15.3. The Morgan fingerprint density at radius 2 is 2.47 bits per heavy atom. The number of likely N-dealkylation sites (N-methyl/N-ethyl adjacent to an activating group) is 1. The van der Waals surface area contributed by atoms with Crippen molar-refractivity contribution in [3.05, 3.63) is 24.2 Å². The average Bonchev–Trinajstić information content (AvgIpc) is 2.93. The molecule has 4 nitrogen and oxygen atoms in total. The molecule has 1 aliphatic carbocycles. The van der Waals surface area contributed by atoms with Gasteiger partial charge < -0.3 is 14.6 Å². The molecule has 1 heterocycles. The first-order chi connectivity index (χ1) is 7.31. The van der Waals surface area contributed by atoms with Crippen LogP contribution in [0.5, 0.6) is 0 Å². The number of nitrogens with zero attached hydrogens (tertiary/aromatic N) is 1. The molecule has 1 aromatic heterocycles. The van der Waals surface area contributed by atoms with Gasteiger partial charge in [-0.25, -0.2) is 0 Å². The summed E-state index contributed by atoms with van der Waals surface area (Å²) in [6, 6.07) is 4.18. The molecule has 0 aromatic carbocycles. The van der Waals surface area contributed by atoms with E-state index in [1.807, 2.05) is 17.0 Å². The van der Waals surface area contributed by atoms with Gasteiger partial charge in [0.2, 0.25) is 5.91 Å². The zero-order chi connectivity index (χ0) is 10.7. The summed E-state index contributed by atoms with van der Waals surface area (Å²) in [4.78, 5) is 13.7. The lowest BCUT2D eigenvalue weighted by molar-refractivity contribution is -0.131. The first kappa shape index (κ1) is 10.2. The second kappa shape index (κ2) is 4.49. The van der Waals surface area contributed by atoms with E-state index in [9.17, 15) is 4.79 Å². The van der Waals surface area contributed by atoms with Crippen molar-refractivity contribution in [3.63, 3.8) is 0 Å². The van der Waals surface area contributed by atoms with Crippen molar-refractivity contribution in [2.45, 2.75) is 25.4 Å². The number of nitrogens with one attached hydrogen (secondary N) is 1. The standard InChI is InChI=1S/C11H16N2O2/c1-12-7-11(14)13(9-4-5-9)8-10-3-2-6-15-10/h2-3,6,9,12H,4-5,7-8H2,1H3. The second-order valence-corrected chi connectivity index (χ2v) is 3.86. The fraction of sp³-hybridized carbons (Fsp3) is 0.545. The summed E-state index contributed by atoms with van der Waals surface area (Å²) in [5.41, 5.74) is 0. The van der Waals surface area contributed by atoms with E-state index in [0.717, 1.165) is 18.6 Å². The molecule has 0 unspecified atom stereocenters. The molecule has 2 rings (SSSR count). The van der Waals surface area contributed by atoms with Gasteiger partial charge in [0.15, 0.2) is 0 Å². The summed E-state index contributed by atoms with van der Waals surface area (Å²) in [6.07, 6.45) is 3.88. The zero-order valence-corrected chi connectivity index (χ0v) is 8.90. The van der Waals surface area contributed by atoms with Crippen LogP contribution in [0.15, 0.2) is 22.8 Å². The van der Waals surface area contributed by atoms with E-state index in [2.05, 4.69) is 5.32 Å². The SMILES string of the molecule is CNCC(=O)N(Cc1ccco1)C1CC1. The molecule has 0 atom stereocenters. The molecule has 0 radical (unpaired) electrons. The Morgan fingerprint density at radius 1 is 1.67 bits per heavy atom. The minimum Gasteiger partial charge on any atom is -0.467 e. The summed E-state index contributed by atoms with van der Waals surface area (Å²) < 4.78 is 5.26. The van der Waals surface area contributed by atoms with Crippen LogP contribution < -0.4 is 5.32 Å². The maximum atomic E-state index is 11.8. The van der Waals surface area contributed by atoms with Gasteiger partial charge in [-0.05, 0) is 32.0 Å². The molecule has 0 spiro atoms. The Balaban J connectivity index is 1.97. The predicted octanol–water partition coefficient (Wildman–Crippen LogP) is 0.990. The smallest absolute Gasteiger partial charge is 0.237 e. The number of rotatable bonds is 5. The number of carbonyl (C=O) groups is 1. The molecule has 82 valence electrons. The maximum Gasteiger partial charge on any atom is 0.237 e. The molecular formula is C11H16N2O2. The third-order valence-electron chi connectivity index (χ3n) is 2.54. The van der Waals surface area contributed by atoms with Crippen LogP contribution in [0.2, 0.25) is 0 Å². The van der Waals surface area contributed by atoms with Crippen molar-refractivity contribution in [2.24, 2.45) is 0 Å². The minimum absolute atomic E-state index is 0.149. The van der Waals surface area contributed by atoms with Crippen LogP contribution in [0, 0.1) is 0 Å². The number of carbonyl (C=O) groups excluding carboxylic acids is 1. The molecule has 0 bridgehead atoms. The molecule has 1 N–H and O–H groups in total. The summed E-state index contributed by atoms with van der Waals surface area (Å²) >= 11 is 0. The maximum absolute atomic E-state index is 11.8. The van der Waals surface area contributed by atoms with Crippen LogP contribution in [-0.4, -0.2) is 30.4 Å². The third-order valence-corrected chi connectivity index (χ3v) is 2.54. The fourth-order valence-corrected chi connectivity index (χ4v) is 1.63. The van der Waals surface area contributed by atoms with Gasteiger partial charge in [0.25, 0.3) is 0 Å². The molecule has 1 aromatic rings. The van der Waals surface area contributed by atoms with Crippen LogP contribution in [0.4, 0.5) is 0 Å². The van der Waals surface area contributed by atoms with Crippen molar-refractivity contribution >= 4 is 5.91 Å². The highest BCUT2D eigenvalue weighted by Crippen LogP contribution is 2.28. The molecule has 1 aliphatic rings. The summed E-state index contributed by atoms with van der Waals surface area (Å²) in [5.74, 6) is 1.00. The molecule has 4 heteroatoms. The Bertz CT molecular complexity index is 317. The third kappa shape index (κ3) is 2.59. The molecule has 0 aliphatic heterocycles. The quantitative estimate of drug-likeness (QED) is 0.785. The van der Waals surface area contributed by atoms with Crippen molar-refractivity contribution in [2.75, 3.05) is 13.6 Å². The van der Waals surface area contributed by atoms with E-state index in [1.165, 1.54) is 0 Å². The highest BCUT2D eigenvalue weighted by atomic mass is 16.3. The van der Waals surface area contributed by atoms with Gasteiger partial charge in [-0.2, -0.15) is 0 Å². The topological polar surface area (TPSA) is 45.5 Å². The molecule has 1 amide bonds. The van der Waals surface area contributed by atoms with Gasteiger partial charge in [-0.15, -0.1) is 0 Å². The molecule has 1 saturated carbocycles. The lowest BCUT2D eigenvalue weighted by Gasteiger charge is -2.20. The Labute approximate surface area is 89.2 Å². The molecule has 0 saturated heterocycles. The largest absolute Gasteiger partial charge is 0.467 e. The van der Waals surface area contributed by atoms with E-state index in [1.54, 1.807) is 13.3 Å². The van der Waals surface area contributed by atoms with Crippen molar-refractivity contribution in [1.29, 1.82) is 0 Å². The van der Waals surface area contributed by atoms with E-state index < -0.39 is 0 Å². The Hall–Kier alpha value is -1.29. The highest BCUT2D eigenvalue weighted by molar-refractivity contribution is 5.78. The van der Waals surface area contributed by atoms with Gasteiger partial charge in [0, 0.05) is 6.04 Å². The molecular weight excluding hydrogens is 192 g/mol. The number of hydrogen-bond acceptors (Lipinski definition) is 3. The van der Waals surface area contributed by atoms with Gasteiger partial charge in [-0.3, -0.25) is 4.79 Å². The number of furan rings is 1. The van der Waals surface area contributed by atoms with Crippen LogP contribution >= 0.6 is 0 Å². The van der Waals surface area contributed by atoms with Crippen LogP contribution in [0.25, 0.3) is 0 Å².